The first-order chi connectivity index (χ1) is 12.8. The number of hydrogen-bond acceptors (Lipinski definition) is 6. The predicted molar refractivity (Wildman–Crippen MR) is 96.4 cm³/mol. The van der Waals surface area contributed by atoms with E-state index < -0.39 is 17.5 Å². The Kier molecular flexibility index (Phi) is 4.80. The summed E-state index contributed by atoms with van der Waals surface area (Å²) in [5.41, 5.74) is 0.601. The predicted octanol–water partition coefficient (Wildman–Crippen LogP) is 2.52. The van der Waals surface area contributed by atoms with Gasteiger partial charge < -0.3 is 24.7 Å². The van der Waals surface area contributed by atoms with E-state index in [4.69, 9.17) is 14.3 Å². The molecule has 0 aliphatic heterocycles. The molecule has 0 unspecified atom stereocenters. The molecule has 1 aromatic heterocycles. The maximum absolute atomic E-state index is 12.0. The Labute approximate surface area is 152 Å². The third-order valence-electron chi connectivity index (χ3n) is 3.81. The van der Waals surface area contributed by atoms with Crippen molar-refractivity contribution in [3.05, 3.63) is 64.0 Å². The summed E-state index contributed by atoms with van der Waals surface area (Å²) >= 11 is 0. The van der Waals surface area contributed by atoms with Crippen LogP contribution in [0, 0.1) is 6.92 Å². The zero-order valence-corrected chi connectivity index (χ0v) is 14.2. The summed E-state index contributed by atoms with van der Waals surface area (Å²) < 4.78 is 10.5. The lowest BCUT2D eigenvalue weighted by atomic mass is 10.1. The highest BCUT2D eigenvalue weighted by Gasteiger charge is 2.11. The number of amides is 1. The zero-order chi connectivity index (χ0) is 19.6. The maximum atomic E-state index is 12.0. The van der Waals surface area contributed by atoms with Gasteiger partial charge in [0.25, 0.3) is 5.91 Å². The number of rotatable bonds is 5. The molecule has 0 saturated heterocycles. The fraction of sp³-hybridized carbons (Fsp3) is 0.105. The SMILES string of the molecule is Cc1cc(=O)oc2cc(OCC(=O)Nc3ccc(C(=O)O)cc3O)ccc12. The topological polar surface area (TPSA) is 126 Å². The van der Waals surface area contributed by atoms with Crippen molar-refractivity contribution in [3.63, 3.8) is 0 Å². The first-order valence-electron chi connectivity index (χ1n) is 7.87. The Balaban J connectivity index is 1.68. The van der Waals surface area contributed by atoms with E-state index in [-0.39, 0.29) is 23.6 Å². The number of carboxylic acids is 1. The standard InChI is InChI=1S/C19H15NO7/c1-10-6-18(23)27-16-8-12(3-4-13(10)16)26-9-17(22)20-14-5-2-11(19(24)25)7-15(14)21/h2-8,21H,9H2,1H3,(H,20,22)(H,24,25). The quantitative estimate of drug-likeness (QED) is 0.466. The third kappa shape index (κ3) is 4.06. The fourth-order valence-corrected chi connectivity index (χ4v) is 2.50. The lowest BCUT2D eigenvalue weighted by Crippen LogP contribution is -2.20. The second kappa shape index (κ2) is 7.20. The van der Waals surface area contributed by atoms with Crippen LogP contribution in [0.2, 0.25) is 0 Å². The Bertz CT molecular complexity index is 1100. The molecule has 8 nitrogen and oxygen atoms in total. The number of aryl methyl sites for hydroxylation is 1. The first-order valence-corrected chi connectivity index (χ1v) is 7.87. The summed E-state index contributed by atoms with van der Waals surface area (Å²) in [6.45, 7) is 1.43. The molecule has 3 rings (SSSR count). The van der Waals surface area contributed by atoms with E-state index in [1.165, 1.54) is 24.3 Å². The van der Waals surface area contributed by atoms with Crippen LogP contribution in [0.25, 0.3) is 11.0 Å². The van der Waals surface area contributed by atoms with Gasteiger partial charge >= 0.3 is 11.6 Å². The monoisotopic (exact) mass is 369 g/mol. The average molecular weight is 369 g/mol. The van der Waals surface area contributed by atoms with Crippen molar-refractivity contribution in [2.45, 2.75) is 6.92 Å². The number of aromatic carboxylic acids is 1. The molecule has 2 aromatic carbocycles. The number of anilines is 1. The van der Waals surface area contributed by atoms with Crippen LogP contribution < -0.4 is 15.7 Å². The molecule has 3 N–H and O–H groups in total. The molecular weight excluding hydrogens is 354 g/mol. The number of phenolic OH excluding ortho intramolecular Hbond substituents is 1. The number of benzene rings is 2. The number of fused-ring (bicyclic) bond motifs is 1. The lowest BCUT2D eigenvalue weighted by Gasteiger charge is -2.10. The molecule has 3 aromatic rings. The molecule has 138 valence electrons. The van der Waals surface area contributed by atoms with Crippen LogP contribution in [-0.2, 0) is 4.79 Å². The normalized spacial score (nSPS) is 10.6. The minimum atomic E-state index is -1.19. The minimum Gasteiger partial charge on any atom is -0.506 e. The summed E-state index contributed by atoms with van der Waals surface area (Å²) in [6.07, 6.45) is 0. The van der Waals surface area contributed by atoms with Crippen LogP contribution in [0.3, 0.4) is 0 Å². The van der Waals surface area contributed by atoms with Gasteiger partial charge in [-0.05, 0) is 42.8 Å². The molecule has 0 spiro atoms. The highest BCUT2D eigenvalue weighted by Crippen LogP contribution is 2.25. The molecule has 8 heteroatoms. The number of hydrogen-bond donors (Lipinski definition) is 3. The van der Waals surface area contributed by atoms with Crippen molar-refractivity contribution in [1.82, 2.24) is 0 Å². The molecule has 1 amide bonds. The highest BCUT2D eigenvalue weighted by molar-refractivity contribution is 5.95. The molecule has 0 atom stereocenters. The van der Waals surface area contributed by atoms with Gasteiger partial charge in [0.15, 0.2) is 6.61 Å². The van der Waals surface area contributed by atoms with Gasteiger partial charge in [-0.15, -0.1) is 0 Å². The molecule has 0 fully saturated rings. The second-order valence-electron chi connectivity index (χ2n) is 5.78. The Morgan fingerprint density at radius 1 is 1.15 bits per heavy atom. The summed E-state index contributed by atoms with van der Waals surface area (Å²) in [5, 5.41) is 21.8. The van der Waals surface area contributed by atoms with Crippen molar-refractivity contribution in [1.29, 1.82) is 0 Å². The number of aromatic hydroxyl groups is 1. The van der Waals surface area contributed by atoms with Gasteiger partial charge in [0, 0.05) is 17.5 Å². The number of carbonyl (C=O) groups is 2. The highest BCUT2D eigenvalue weighted by atomic mass is 16.5. The minimum absolute atomic E-state index is 0.0636. The van der Waals surface area contributed by atoms with Gasteiger partial charge in [-0.2, -0.15) is 0 Å². The zero-order valence-electron chi connectivity index (χ0n) is 14.2. The Morgan fingerprint density at radius 2 is 1.93 bits per heavy atom. The van der Waals surface area contributed by atoms with E-state index in [0.717, 1.165) is 17.0 Å². The van der Waals surface area contributed by atoms with Crippen molar-refractivity contribution >= 4 is 28.5 Å². The van der Waals surface area contributed by atoms with Crippen LogP contribution >= 0.6 is 0 Å². The van der Waals surface area contributed by atoms with E-state index >= 15 is 0 Å². The molecule has 0 saturated carbocycles. The largest absolute Gasteiger partial charge is 0.506 e. The van der Waals surface area contributed by atoms with Crippen molar-refractivity contribution in [2.24, 2.45) is 0 Å². The second-order valence-corrected chi connectivity index (χ2v) is 5.78. The smallest absolute Gasteiger partial charge is 0.336 e. The van der Waals surface area contributed by atoms with Gasteiger partial charge in [-0.25, -0.2) is 9.59 Å². The van der Waals surface area contributed by atoms with Gasteiger partial charge in [-0.1, -0.05) is 0 Å². The van der Waals surface area contributed by atoms with Gasteiger partial charge in [0.1, 0.15) is 17.1 Å². The third-order valence-corrected chi connectivity index (χ3v) is 3.81. The molecule has 0 bridgehead atoms. The summed E-state index contributed by atoms with van der Waals surface area (Å²) in [4.78, 5) is 34.3. The number of phenols is 1. The number of carbonyl (C=O) groups excluding carboxylic acids is 1. The van der Waals surface area contributed by atoms with Crippen LogP contribution in [0.1, 0.15) is 15.9 Å². The maximum Gasteiger partial charge on any atom is 0.336 e. The molecule has 27 heavy (non-hydrogen) atoms. The Hall–Kier alpha value is -3.81. The van der Waals surface area contributed by atoms with E-state index in [1.54, 1.807) is 19.1 Å². The van der Waals surface area contributed by atoms with Crippen molar-refractivity contribution < 1.29 is 29.0 Å². The van der Waals surface area contributed by atoms with E-state index in [0.29, 0.717) is 11.3 Å². The first kappa shape index (κ1) is 18.0. The molecule has 0 aliphatic rings. The fourth-order valence-electron chi connectivity index (χ4n) is 2.50. The van der Waals surface area contributed by atoms with Gasteiger partial charge in [0.05, 0.1) is 11.3 Å². The van der Waals surface area contributed by atoms with Crippen LogP contribution in [-0.4, -0.2) is 28.7 Å². The van der Waals surface area contributed by atoms with Crippen LogP contribution in [0.15, 0.2) is 51.7 Å². The van der Waals surface area contributed by atoms with E-state index in [1.807, 2.05) is 0 Å². The molecule has 0 aliphatic carbocycles. The van der Waals surface area contributed by atoms with E-state index in [9.17, 15) is 19.5 Å². The van der Waals surface area contributed by atoms with Crippen LogP contribution in [0.5, 0.6) is 11.5 Å². The van der Waals surface area contributed by atoms with E-state index in [2.05, 4.69) is 5.32 Å². The average Bonchev–Trinajstić information content (AvgIpc) is 2.61. The van der Waals surface area contributed by atoms with Crippen LogP contribution in [0.4, 0.5) is 5.69 Å². The Morgan fingerprint density at radius 3 is 2.63 bits per heavy atom. The molecular formula is C19H15NO7. The lowest BCUT2D eigenvalue weighted by molar-refractivity contribution is -0.118. The summed E-state index contributed by atoms with van der Waals surface area (Å²) in [7, 11) is 0. The summed E-state index contributed by atoms with van der Waals surface area (Å²) in [6, 6.07) is 9.83. The van der Waals surface area contributed by atoms with Gasteiger partial charge in [0.2, 0.25) is 0 Å². The molecule has 0 radical (unpaired) electrons. The van der Waals surface area contributed by atoms with Crippen molar-refractivity contribution in [3.8, 4) is 11.5 Å². The van der Waals surface area contributed by atoms with Crippen molar-refractivity contribution in [2.75, 3.05) is 11.9 Å². The van der Waals surface area contributed by atoms with Gasteiger partial charge in [-0.3, -0.25) is 4.79 Å². The molecule has 1 heterocycles. The number of ether oxygens (including phenoxy) is 1. The summed E-state index contributed by atoms with van der Waals surface area (Å²) in [5.74, 6) is -1.79. The number of carboxylic acid groups (broad SMARTS) is 1. The number of nitrogens with one attached hydrogen (secondary N) is 1.